The molecule has 4 rings (SSSR count). The first kappa shape index (κ1) is 34.7. The first-order chi connectivity index (χ1) is 21.3. The molecule has 45 heavy (non-hydrogen) atoms. The van der Waals surface area contributed by atoms with Crippen LogP contribution in [-0.4, -0.2) is 59.9 Å². The number of aliphatic hydroxyl groups excluding tert-OH is 1. The standard InChI is InChI=1S/C33H47N2O9P/c1-20(2)41-32(38)23(5)35-45(40,44-26-9-7-6-8-10-26)19-34-33(39)43-29-16-21(3)15-24-12-11-22(4)28(31(24)29)14-13-27-17-25(36)18-30(37)42-27/h6-12,15,20-23,25,27-29,31,36H,13-14,16-19H2,1-5H3,(H,34,39)(H,35,40)/t21-,22-,23-,25+,27+,28-,29-,31-,45?/m0/s1. The van der Waals surface area contributed by atoms with Crippen molar-refractivity contribution in [3.63, 3.8) is 0 Å². The molecule has 1 fully saturated rings. The van der Waals surface area contributed by atoms with Gasteiger partial charge in [-0.1, -0.05) is 50.3 Å². The third-order valence-electron chi connectivity index (χ3n) is 8.43. The van der Waals surface area contributed by atoms with Gasteiger partial charge in [0, 0.05) is 12.3 Å². The molecule has 0 saturated carbocycles. The van der Waals surface area contributed by atoms with Gasteiger partial charge in [0.05, 0.1) is 18.6 Å². The maximum atomic E-state index is 14.0. The lowest BCUT2D eigenvalue weighted by atomic mass is 9.65. The highest BCUT2D eigenvalue weighted by Crippen LogP contribution is 2.46. The molecule has 0 spiro atoms. The molecule has 248 valence electrons. The van der Waals surface area contributed by atoms with Crippen LogP contribution in [-0.2, 0) is 28.4 Å². The number of esters is 2. The van der Waals surface area contributed by atoms with Crippen molar-refractivity contribution in [1.29, 1.82) is 0 Å². The number of nitrogens with one attached hydrogen (secondary N) is 2. The van der Waals surface area contributed by atoms with Crippen LogP contribution in [0, 0.1) is 23.7 Å². The van der Waals surface area contributed by atoms with E-state index in [9.17, 15) is 24.1 Å². The Morgan fingerprint density at radius 3 is 2.53 bits per heavy atom. The average Bonchev–Trinajstić information content (AvgIpc) is 2.95. The summed E-state index contributed by atoms with van der Waals surface area (Å²) >= 11 is 0. The van der Waals surface area contributed by atoms with Gasteiger partial charge in [0.2, 0.25) is 0 Å². The number of ether oxygens (including phenoxy) is 3. The van der Waals surface area contributed by atoms with Gasteiger partial charge in [-0.05, 0) is 75.5 Å². The van der Waals surface area contributed by atoms with E-state index in [2.05, 4.69) is 42.5 Å². The van der Waals surface area contributed by atoms with E-state index in [1.807, 2.05) is 0 Å². The van der Waals surface area contributed by atoms with Crippen LogP contribution in [0.3, 0.4) is 0 Å². The highest BCUT2D eigenvalue weighted by Gasteiger charge is 2.42. The molecule has 1 heterocycles. The minimum absolute atomic E-state index is 0.0251. The zero-order chi connectivity index (χ0) is 32.7. The quantitative estimate of drug-likeness (QED) is 0.151. The number of cyclic esters (lactones) is 1. The number of hydrogen-bond acceptors (Lipinski definition) is 9. The second-order valence-corrected chi connectivity index (χ2v) is 14.9. The Bertz CT molecular complexity index is 1300. The van der Waals surface area contributed by atoms with E-state index in [1.165, 1.54) is 6.92 Å². The third-order valence-corrected chi connectivity index (χ3v) is 10.3. The van der Waals surface area contributed by atoms with Gasteiger partial charge < -0.3 is 29.2 Å². The molecule has 9 atom stereocenters. The molecule has 1 unspecified atom stereocenters. The van der Waals surface area contributed by atoms with Crippen molar-refractivity contribution in [1.82, 2.24) is 10.4 Å². The fourth-order valence-corrected chi connectivity index (χ4v) is 8.13. The number of allylic oxidation sites excluding steroid dienone is 3. The molecule has 0 radical (unpaired) electrons. The van der Waals surface area contributed by atoms with E-state index in [0.29, 0.717) is 25.0 Å². The Balaban J connectivity index is 1.44. The van der Waals surface area contributed by atoms with Crippen LogP contribution in [0.15, 0.2) is 54.1 Å². The SMILES string of the molecule is CC(C)OC(=O)[C@H](C)NP(=O)(CNC(=O)O[C@H]1C[C@@H](C)C=C2C=C[C@H](C)[C@H](CC[C@@H]3C[C@@H](O)CC(=O)O3)[C@H]21)Oc1ccccc1. The van der Waals surface area contributed by atoms with Gasteiger partial charge in [-0.15, -0.1) is 0 Å². The van der Waals surface area contributed by atoms with Crippen molar-refractivity contribution in [2.24, 2.45) is 23.7 Å². The summed E-state index contributed by atoms with van der Waals surface area (Å²) in [5, 5.41) is 15.4. The Morgan fingerprint density at radius 2 is 1.84 bits per heavy atom. The van der Waals surface area contributed by atoms with Gasteiger partial charge in [-0.2, -0.15) is 0 Å². The van der Waals surface area contributed by atoms with Crippen LogP contribution in [0.4, 0.5) is 4.79 Å². The van der Waals surface area contributed by atoms with Crippen LogP contribution >= 0.6 is 7.52 Å². The lowest BCUT2D eigenvalue weighted by Crippen LogP contribution is -2.44. The van der Waals surface area contributed by atoms with Crippen molar-refractivity contribution >= 4 is 25.6 Å². The molecule has 1 aromatic carbocycles. The topological polar surface area (TPSA) is 149 Å². The predicted octanol–water partition coefficient (Wildman–Crippen LogP) is 5.49. The molecule has 1 saturated heterocycles. The monoisotopic (exact) mass is 646 g/mol. The maximum Gasteiger partial charge on any atom is 0.407 e. The molecular weight excluding hydrogens is 599 g/mol. The zero-order valence-corrected chi connectivity index (χ0v) is 27.6. The predicted molar refractivity (Wildman–Crippen MR) is 168 cm³/mol. The number of carbonyl (C=O) groups is 3. The van der Waals surface area contributed by atoms with E-state index < -0.39 is 44.1 Å². The lowest BCUT2D eigenvalue weighted by Gasteiger charge is -2.43. The summed E-state index contributed by atoms with van der Waals surface area (Å²) in [6, 6.07) is 7.54. The molecule has 0 aromatic heterocycles. The Labute approximate surface area is 265 Å². The van der Waals surface area contributed by atoms with Gasteiger partial charge in [-0.25, -0.2) is 9.88 Å². The second kappa shape index (κ2) is 15.4. The molecule has 3 aliphatic rings. The van der Waals surface area contributed by atoms with Crippen molar-refractivity contribution in [3.8, 4) is 5.75 Å². The molecule has 1 aromatic rings. The van der Waals surface area contributed by atoms with Crippen LogP contribution in [0.2, 0.25) is 0 Å². The Hall–Kier alpha value is -3.14. The van der Waals surface area contributed by atoms with Crippen LogP contribution in [0.1, 0.15) is 66.7 Å². The molecule has 0 bridgehead atoms. The second-order valence-electron chi connectivity index (χ2n) is 12.8. The van der Waals surface area contributed by atoms with Gasteiger partial charge in [0.1, 0.15) is 30.3 Å². The summed E-state index contributed by atoms with van der Waals surface area (Å²) in [7, 11) is -3.85. The largest absolute Gasteiger partial charge is 0.462 e. The molecule has 3 N–H and O–H groups in total. The summed E-state index contributed by atoms with van der Waals surface area (Å²) in [4.78, 5) is 37.6. The van der Waals surface area contributed by atoms with E-state index in [1.54, 1.807) is 44.2 Å². The molecule has 12 heteroatoms. The van der Waals surface area contributed by atoms with Crippen molar-refractivity contribution in [2.75, 3.05) is 6.29 Å². The Kier molecular flexibility index (Phi) is 11.9. The Morgan fingerprint density at radius 1 is 1.11 bits per heavy atom. The average molecular weight is 647 g/mol. The number of alkyl carbamates (subject to hydrolysis) is 1. The van der Waals surface area contributed by atoms with Crippen molar-refractivity contribution in [2.45, 2.75) is 97.2 Å². The number of hydrogen-bond donors (Lipinski definition) is 3. The molecule has 1 aliphatic heterocycles. The van der Waals surface area contributed by atoms with E-state index in [-0.39, 0.29) is 48.3 Å². The summed E-state index contributed by atoms with van der Waals surface area (Å²) in [5.74, 6) is -0.263. The van der Waals surface area contributed by atoms with Gasteiger partial charge in [-0.3, -0.25) is 14.2 Å². The molecule has 11 nitrogen and oxygen atoms in total. The number of aliphatic hydroxyl groups is 1. The minimum Gasteiger partial charge on any atom is -0.462 e. The fraction of sp³-hybridized carbons (Fsp3) is 0.606. The van der Waals surface area contributed by atoms with Crippen molar-refractivity contribution < 1.29 is 42.8 Å². The van der Waals surface area contributed by atoms with E-state index >= 15 is 0 Å². The fourth-order valence-electron chi connectivity index (χ4n) is 6.42. The van der Waals surface area contributed by atoms with Crippen LogP contribution in [0.5, 0.6) is 5.75 Å². The zero-order valence-electron chi connectivity index (χ0n) is 26.7. The highest BCUT2D eigenvalue weighted by molar-refractivity contribution is 7.57. The van der Waals surface area contributed by atoms with E-state index in [4.69, 9.17) is 18.7 Å². The van der Waals surface area contributed by atoms with Crippen LogP contribution < -0.4 is 14.9 Å². The summed E-state index contributed by atoms with van der Waals surface area (Å²) in [6.45, 7) is 9.16. The number of rotatable bonds is 12. The van der Waals surface area contributed by atoms with Gasteiger partial charge >= 0.3 is 25.6 Å². The number of amides is 1. The molecule has 1 amide bonds. The number of carbonyl (C=O) groups excluding carboxylic acids is 3. The summed E-state index contributed by atoms with van der Waals surface area (Å²) < 4.78 is 36.5. The third kappa shape index (κ3) is 9.92. The van der Waals surface area contributed by atoms with E-state index in [0.717, 1.165) is 12.0 Å². The number of benzene rings is 1. The molecular formula is C33H47N2O9P. The minimum atomic E-state index is -3.85. The van der Waals surface area contributed by atoms with Crippen molar-refractivity contribution in [3.05, 3.63) is 54.1 Å². The van der Waals surface area contributed by atoms with Crippen LogP contribution in [0.25, 0.3) is 0 Å². The number of fused-ring (bicyclic) bond motifs is 1. The van der Waals surface area contributed by atoms with Gasteiger partial charge in [0.15, 0.2) is 0 Å². The number of para-hydroxylation sites is 1. The summed E-state index contributed by atoms with van der Waals surface area (Å²) in [6.07, 6.45) is 5.87. The first-order valence-corrected chi connectivity index (χ1v) is 17.7. The maximum absolute atomic E-state index is 14.0. The summed E-state index contributed by atoms with van der Waals surface area (Å²) in [5.41, 5.74) is 1.10. The molecule has 2 aliphatic carbocycles. The smallest absolute Gasteiger partial charge is 0.407 e. The highest BCUT2D eigenvalue weighted by atomic mass is 31.2. The first-order valence-electron chi connectivity index (χ1n) is 15.9. The normalized spacial score (nSPS) is 29.8. The lowest BCUT2D eigenvalue weighted by molar-refractivity contribution is -0.160. The van der Waals surface area contributed by atoms with Gasteiger partial charge in [0.25, 0.3) is 0 Å².